The van der Waals surface area contributed by atoms with Crippen LogP contribution in [-0.2, 0) is 11.3 Å². The summed E-state index contributed by atoms with van der Waals surface area (Å²) >= 11 is 0. The van der Waals surface area contributed by atoms with E-state index in [2.05, 4.69) is 59.2 Å². The normalized spacial score (nSPS) is 15.6. The zero-order valence-corrected chi connectivity index (χ0v) is 21.5. The fourth-order valence-electron chi connectivity index (χ4n) is 3.56. The lowest BCUT2D eigenvalue weighted by molar-refractivity contribution is 0.122. The second-order valence-electron chi connectivity index (χ2n) is 7.50. The number of rotatable bonds is 11. The molecule has 2 heterocycles. The third-order valence-corrected chi connectivity index (χ3v) is 5.32. The standard InChI is InChI=1S/C22H40N6O.HI/c1-5-23-22(26-19(4)10-9-13-27(6-2)7-3)25-18-20-11-8-12-24-21(20)28-14-16-29-17-15-28;/h8,11-12,19H,5-7,9-10,13-18H2,1-4H3,(H2,23,25,26);1H. The minimum absolute atomic E-state index is 0. The topological polar surface area (TPSA) is 65.0 Å². The Hall–Kier alpha value is -1.13. The zero-order chi connectivity index (χ0) is 20.9. The Balaban J connectivity index is 0.00000450. The second-order valence-corrected chi connectivity index (χ2v) is 7.50. The van der Waals surface area contributed by atoms with Gasteiger partial charge < -0.3 is 25.2 Å². The van der Waals surface area contributed by atoms with Crippen LogP contribution in [0.2, 0.25) is 0 Å². The van der Waals surface area contributed by atoms with E-state index in [-0.39, 0.29) is 24.0 Å². The minimum atomic E-state index is 0. The van der Waals surface area contributed by atoms with Crippen molar-refractivity contribution in [1.82, 2.24) is 20.5 Å². The fraction of sp³-hybridized carbons (Fsp3) is 0.727. The summed E-state index contributed by atoms with van der Waals surface area (Å²) in [7, 11) is 0. The van der Waals surface area contributed by atoms with Gasteiger partial charge in [-0.1, -0.05) is 19.9 Å². The van der Waals surface area contributed by atoms with Crippen molar-refractivity contribution in [3.63, 3.8) is 0 Å². The van der Waals surface area contributed by atoms with Crippen molar-refractivity contribution in [3.05, 3.63) is 23.9 Å². The number of hydrogen-bond donors (Lipinski definition) is 2. The molecule has 1 unspecified atom stereocenters. The number of nitrogens with zero attached hydrogens (tertiary/aromatic N) is 4. The Morgan fingerprint density at radius 2 is 2.00 bits per heavy atom. The molecular formula is C22H41IN6O. The van der Waals surface area contributed by atoms with Gasteiger partial charge in [0.15, 0.2) is 5.96 Å². The molecular weight excluding hydrogens is 491 g/mol. The summed E-state index contributed by atoms with van der Waals surface area (Å²) in [5, 5.41) is 6.94. The van der Waals surface area contributed by atoms with Crippen LogP contribution < -0.4 is 15.5 Å². The highest BCUT2D eigenvalue weighted by molar-refractivity contribution is 14.0. The molecule has 0 radical (unpaired) electrons. The molecule has 1 fully saturated rings. The zero-order valence-electron chi connectivity index (χ0n) is 19.2. The summed E-state index contributed by atoms with van der Waals surface area (Å²) in [6.45, 7) is 16.9. The van der Waals surface area contributed by atoms with Crippen molar-refractivity contribution >= 4 is 35.8 Å². The first-order valence-electron chi connectivity index (χ1n) is 11.2. The molecule has 7 nitrogen and oxygen atoms in total. The van der Waals surface area contributed by atoms with Gasteiger partial charge in [-0.25, -0.2) is 9.98 Å². The van der Waals surface area contributed by atoms with Gasteiger partial charge in [0, 0.05) is 37.4 Å². The van der Waals surface area contributed by atoms with Gasteiger partial charge in [-0.2, -0.15) is 0 Å². The first kappa shape index (κ1) is 26.9. The molecule has 1 saturated heterocycles. The molecule has 2 N–H and O–H groups in total. The van der Waals surface area contributed by atoms with E-state index < -0.39 is 0 Å². The lowest BCUT2D eigenvalue weighted by Gasteiger charge is -2.29. The summed E-state index contributed by atoms with van der Waals surface area (Å²) in [5.74, 6) is 1.90. The van der Waals surface area contributed by atoms with Crippen LogP contribution in [0.4, 0.5) is 5.82 Å². The number of anilines is 1. The molecule has 0 aromatic carbocycles. The molecule has 30 heavy (non-hydrogen) atoms. The highest BCUT2D eigenvalue weighted by Crippen LogP contribution is 2.19. The number of pyridine rings is 1. The average Bonchev–Trinajstić information content (AvgIpc) is 2.76. The smallest absolute Gasteiger partial charge is 0.191 e. The number of guanidine groups is 1. The van der Waals surface area contributed by atoms with Gasteiger partial charge in [0.25, 0.3) is 0 Å². The molecule has 0 saturated carbocycles. The number of nitrogens with one attached hydrogen (secondary N) is 2. The van der Waals surface area contributed by atoms with Gasteiger partial charge in [-0.15, -0.1) is 24.0 Å². The molecule has 0 bridgehead atoms. The third kappa shape index (κ3) is 9.34. The van der Waals surface area contributed by atoms with E-state index in [9.17, 15) is 0 Å². The summed E-state index contributed by atoms with van der Waals surface area (Å²) < 4.78 is 5.48. The number of ether oxygens (including phenoxy) is 1. The molecule has 2 rings (SSSR count). The van der Waals surface area contributed by atoms with Gasteiger partial charge in [-0.3, -0.25) is 0 Å². The Morgan fingerprint density at radius 1 is 1.27 bits per heavy atom. The molecule has 8 heteroatoms. The summed E-state index contributed by atoms with van der Waals surface area (Å²) in [4.78, 5) is 14.2. The van der Waals surface area contributed by atoms with Crippen molar-refractivity contribution < 1.29 is 4.74 Å². The molecule has 0 spiro atoms. The van der Waals surface area contributed by atoms with E-state index in [0.29, 0.717) is 12.6 Å². The largest absolute Gasteiger partial charge is 0.378 e. The van der Waals surface area contributed by atoms with Gasteiger partial charge in [0.2, 0.25) is 0 Å². The second kappa shape index (κ2) is 15.6. The van der Waals surface area contributed by atoms with Crippen molar-refractivity contribution in [2.75, 3.05) is 57.4 Å². The maximum atomic E-state index is 5.48. The number of halogens is 1. The SMILES string of the molecule is CCNC(=NCc1cccnc1N1CCOCC1)NC(C)CCCN(CC)CC.I. The van der Waals surface area contributed by atoms with E-state index in [1.807, 2.05) is 12.3 Å². The van der Waals surface area contributed by atoms with E-state index in [1.54, 1.807) is 0 Å². The van der Waals surface area contributed by atoms with Crippen molar-refractivity contribution in [1.29, 1.82) is 0 Å². The Labute approximate surface area is 200 Å². The summed E-state index contributed by atoms with van der Waals surface area (Å²) in [6, 6.07) is 4.50. The van der Waals surface area contributed by atoms with E-state index >= 15 is 0 Å². The lowest BCUT2D eigenvalue weighted by Crippen LogP contribution is -2.42. The average molecular weight is 533 g/mol. The molecule has 1 aromatic rings. The predicted octanol–water partition coefficient (Wildman–Crippen LogP) is 3.10. The third-order valence-electron chi connectivity index (χ3n) is 5.32. The Bertz CT molecular complexity index is 605. The summed E-state index contributed by atoms with van der Waals surface area (Å²) in [6.07, 6.45) is 4.19. The first-order valence-corrected chi connectivity index (χ1v) is 11.2. The van der Waals surface area contributed by atoms with E-state index in [1.165, 1.54) is 6.42 Å². The molecule has 0 aliphatic carbocycles. The summed E-state index contributed by atoms with van der Waals surface area (Å²) in [5.41, 5.74) is 1.15. The molecule has 1 aliphatic rings. The minimum Gasteiger partial charge on any atom is -0.378 e. The van der Waals surface area contributed by atoms with Gasteiger partial charge in [0.05, 0.1) is 19.8 Å². The maximum absolute atomic E-state index is 5.48. The number of hydrogen-bond acceptors (Lipinski definition) is 5. The first-order chi connectivity index (χ1) is 14.2. The highest BCUT2D eigenvalue weighted by Gasteiger charge is 2.16. The van der Waals surface area contributed by atoms with Gasteiger partial charge in [0.1, 0.15) is 5.82 Å². The van der Waals surface area contributed by atoms with Crippen molar-refractivity contribution in [3.8, 4) is 0 Å². The molecule has 0 amide bonds. The molecule has 1 atom stereocenters. The predicted molar refractivity (Wildman–Crippen MR) is 137 cm³/mol. The van der Waals surface area contributed by atoms with Crippen LogP contribution in [-0.4, -0.2) is 74.4 Å². The van der Waals surface area contributed by atoms with E-state index in [4.69, 9.17) is 9.73 Å². The Kier molecular flexibility index (Phi) is 14.0. The monoisotopic (exact) mass is 532 g/mol. The lowest BCUT2D eigenvalue weighted by atomic mass is 10.2. The van der Waals surface area contributed by atoms with Crippen LogP contribution in [0.5, 0.6) is 0 Å². The van der Waals surface area contributed by atoms with Crippen LogP contribution >= 0.6 is 24.0 Å². The van der Waals surface area contributed by atoms with Crippen LogP contribution in [0.3, 0.4) is 0 Å². The number of morpholine rings is 1. The van der Waals surface area contributed by atoms with Crippen LogP contribution in [0, 0.1) is 0 Å². The Morgan fingerprint density at radius 3 is 2.67 bits per heavy atom. The maximum Gasteiger partial charge on any atom is 0.191 e. The van der Waals surface area contributed by atoms with Crippen LogP contribution in [0.15, 0.2) is 23.3 Å². The van der Waals surface area contributed by atoms with Crippen LogP contribution in [0.25, 0.3) is 0 Å². The van der Waals surface area contributed by atoms with Crippen molar-refractivity contribution in [2.24, 2.45) is 4.99 Å². The highest BCUT2D eigenvalue weighted by atomic mass is 127. The molecule has 172 valence electrons. The quantitative estimate of drug-likeness (QED) is 0.260. The number of aromatic nitrogens is 1. The van der Waals surface area contributed by atoms with Crippen LogP contribution in [0.1, 0.15) is 46.1 Å². The fourth-order valence-corrected chi connectivity index (χ4v) is 3.56. The molecule has 1 aliphatic heterocycles. The van der Waals surface area contributed by atoms with Gasteiger partial charge >= 0.3 is 0 Å². The van der Waals surface area contributed by atoms with Crippen molar-refractivity contribution in [2.45, 2.75) is 53.1 Å². The van der Waals surface area contributed by atoms with E-state index in [0.717, 1.165) is 76.2 Å². The number of aliphatic imine (C=N–C) groups is 1. The molecule has 1 aromatic heterocycles. The van der Waals surface area contributed by atoms with Gasteiger partial charge in [-0.05, 0) is 52.4 Å².